The SMILES string of the molecule is Cc1[nH]c(C2CCC2)nc1CCCN. The summed E-state index contributed by atoms with van der Waals surface area (Å²) in [4.78, 5) is 8.06. The summed E-state index contributed by atoms with van der Waals surface area (Å²) in [5.74, 6) is 1.92. The Morgan fingerprint density at radius 2 is 2.29 bits per heavy atom. The van der Waals surface area contributed by atoms with Crippen molar-refractivity contribution in [2.24, 2.45) is 5.73 Å². The van der Waals surface area contributed by atoms with Gasteiger partial charge in [0.25, 0.3) is 0 Å². The number of rotatable bonds is 4. The highest BCUT2D eigenvalue weighted by atomic mass is 14.9. The fraction of sp³-hybridized carbons (Fsp3) is 0.727. The lowest BCUT2D eigenvalue weighted by Gasteiger charge is -2.22. The third-order valence-electron chi connectivity index (χ3n) is 3.11. The number of hydrogen-bond donors (Lipinski definition) is 2. The molecule has 1 fully saturated rings. The van der Waals surface area contributed by atoms with Crippen LogP contribution in [0.15, 0.2) is 0 Å². The van der Waals surface area contributed by atoms with Gasteiger partial charge < -0.3 is 10.7 Å². The molecule has 1 aliphatic rings. The van der Waals surface area contributed by atoms with Crippen molar-refractivity contribution in [3.8, 4) is 0 Å². The van der Waals surface area contributed by atoms with E-state index < -0.39 is 0 Å². The number of nitrogens with zero attached hydrogens (tertiary/aromatic N) is 1. The lowest BCUT2D eigenvalue weighted by Crippen LogP contribution is -2.10. The van der Waals surface area contributed by atoms with Crippen molar-refractivity contribution in [2.45, 2.75) is 44.9 Å². The molecule has 0 aromatic carbocycles. The molecular weight excluding hydrogens is 174 g/mol. The van der Waals surface area contributed by atoms with Crippen molar-refractivity contribution in [1.29, 1.82) is 0 Å². The standard InChI is InChI=1S/C11H19N3/c1-8-10(6-3-7-12)14-11(13-8)9-4-2-5-9/h9H,2-7,12H2,1H3,(H,13,14). The summed E-state index contributed by atoms with van der Waals surface area (Å²) in [7, 11) is 0. The number of aryl methyl sites for hydroxylation is 2. The van der Waals surface area contributed by atoms with Crippen LogP contribution >= 0.6 is 0 Å². The molecule has 3 heteroatoms. The first-order valence-electron chi connectivity index (χ1n) is 5.56. The van der Waals surface area contributed by atoms with E-state index in [1.807, 2.05) is 0 Å². The monoisotopic (exact) mass is 193 g/mol. The van der Waals surface area contributed by atoms with Crippen LogP contribution in [0.25, 0.3) is 0 Å². The summed E-state index contributed by atoms with van der Waals surface area (Å²) < 4.78 is 0. The van der Waals surface area contributed by atoms with Crippen molar-refractivity contribution in [3.63, 3.8) is 0 Å². The molecular formula is C11H19N3. The normalized spacial score (nSPS) is 17.0. The fourth-order valence-corrected chi connectivity index (χ4v) is 1.91. The molecule has 3 N–H and O–H groups in total. The van der Waals surface area contributed by atoms with Crippen LogP contribution in [0.4, 0.5) is 0 Å². The Hall–Kier alpha value is -0.830. The van der Waals surface area contributed by atoms with Crippen LogP contribution in [-0.2, 0) is 6.42 Å². The van der Waals surface area contributed by atoms with Crippen molar-refractivity contribution >= 4 is 0 Å². The third-order valence-corrected chi connectivity index (χ3v) is 3.11. The van der Waals surface area contributed by atoms with Gasteiger partial charge in [0.1, 0.15) is 5.82 Å². The molecule has 1 heterocycles. The lowest BCUT2D eigenvalue weighted by molar-refractivity contribution is 0.403. The van der Waals surface area contributed by atoms with Crippen LogP contribution in [0.2, 0.25) is 0 Å². The number of hydrogen-bond acceptors (Lipinski definition) is 2. The van der Waals surface area contributed by atoms with E-state index in [1.165, 1.54) is 36.5 Å². The van der Waals surface area contributed by atoms with E-state index in [9.17, 15) is 0 Å². The van der Waals surface area contributed by atoms with Gasteiger partial charge in [0.05, 0.1) is 5.69 Å². The Morgan fingerprint density at radius 1 is 1.50 bits per heavy atom. The minimum absolute atomic E-state index is 0.709. The fourth-order valence-electron chi connectivity index (χ4n) is 1.91. The van der Waals surface area contributed by atoms with Gasteiger partial charge in [-0.25, -0.2) is 4.98 Å². The van der Waals surface area contributed by atoms with Crippen molar-refractivity contribution in [3.05, 3.63) is 17.2 Å². The smallest absolute Gasteiger partial charge is 0.109 e. The van der Waals surface area contributed by atoms with Gasteiger partial charge in [-0.15, -0.1) is 0 Å². The number of aromatic amines is 1. The average molecular weight is 193 g/mol. The molecule has 2 rings (SSSR count). The van der Waals surface area contributed by atoms with Gasteiger partial charge in [-0.3, -0.25) is 0 Å². The molecule has 3 nitrogen and oxygen atoms in total. The molecule has 1 saturated carbocycles. The highest BCUT2D eigenvalue weighted by Gasteiger charge is 2.23. The van der Waals surface area contributed by atoms with Crippen molar-refractivity contribution in [1.82, 2.24) is 9.97 Å². The molecule has 0 unspecified atom stereocenters. The average Bonchev–Trinajstić information content (AvgIpc) is 2.40. The predicted molar refractivity (Wildman–Crippen MR) is 57.3 cm³/mol. The first-order valence-corrected chi connectivity index (χ1v) is 5.56. The molecule has 1 aromatic rings. The maximum atomic E-state index is 5.49. The van der Waals surface area contributed by atoms with Gasteiger partial charge in [0.15, 0.2) is 0 Å². The highest BCUT2D eigenvalue weighted by Crippen LogP contribution is 2.34. The van der Waals surface area contributed by atoms with E-state index in [0.717, 1.165) is 19.4 Å². The molecule has 0 spiro atoms. The first kappa shape index (κ1) is 9.71. The van der Waals surface area contributed by atoms with E-state index >= 15 is 0 Å². The number of H-pyrrole nitrogens is 1. The topological polar surface area (TPSA) is 54.7 Å². The molecule has 1 aromatic heterocycles. The summed E-state index contributed by atoms with van der Waals surface area (Å²) >= 11 is 0. The van der Waals surface area contributed by atoms with Crippen LogP contribution in [0.5, 0.6) is 0 Å². The van der Waals surface area contributed by atoms with Crippen molar-refractivity contribution < 1.29 is 0 Å². The molecule has 0 radical (unpaired) electrons. The largest absolute Gasteiger partial charge is 0.346 e. The summed E-state index contributed by atoms with van der Waals surface area (Å²) in [6.45, 7) is 2.87. The van der Waals surface area contributed by atoms with Gasteiger partial charge in [-0.2, -0.15) is 0 Å². The van der Waals surface area contributed by atoms with Crippen LogP contribution in [-0.4, -0.2) is 16.5 Å². The molecule has 0 atom stereocenters. The number of nitrogens with two attached hydrogens (primary N) is 1. The zero-order valence-corrected chi connectivity index (χ0v) is 8.84. The third kappa shape index (κ3) is 1.82. The van der Waals surface area contributed by atoms with E-state index in [0.29, 0.717) is 5.92 Å². The van der Waals surface area contributed by atoms with Gasteiger partial charge in [-0.05, 0) is 39.2 Å². The lowest BCUT2D eigenvalue weighted by atomic mass is 9.85. The zero-order chi connectivity index (χ0) is 9.97. The molecule has 78 valence electrons. The molecule has 0 aliphatic heterocycles. The zero-order valence-electron chi connectivity index (χ0n) is 8.84. The quantitative estimate of drug-likeness (QED) is 0.767. The van der Waals surface area contributed by atoms with Gasteiger partial charge in [0.2, 0.25) is 0 Å². The van der Waals surface area contributed by atoms with E-state index in [2.05, 4.69) is 16.9 Å². The second-order valence-corrected chi connectivity index (χ2v) is 4.21. The Kier molecular flexibility index (Phi) is 2.87. The van der Waals surface area contributed by atoms with Crippen LogP contribution in [0, 0.1) is 6.92 Å². The van der Waals surface area contributed by atoms with Crippen molar-refractivity contribution in [2.75, 3.05) is 6.54 Å². The van der Waals surface area contributed by atoms with E-state index in [-0.39, 0.29) is 0 Å². The summed E-state index contributed by atoms with van der Waals surface area (Å²) in [5.41, 5.74) is 7.95. The van der Waals surface area contributed by atoms with E-state index in [4.69, 9.17) is 5.73 Å². The number of nitrogens with one attached hydrogen (secondary N) is 1. The molecule has 0 amide bonds. The minimum Gasteiger partial charge on any atom is -0.346 e. The molecule has 14 heavy (non-hydrogen) atoms. The van der Waals surface area contributed by atoms with Crippen LogP contribution in [0.1, 0.15) is 48.8 Å². The van der Waals surface area contributed by atoms with Gasteiger partial charge in [0, 0.05) is 11.6 Å². The second-order valence-electron chi connectivity index (χ2n) is 4.21. The Labute approximate surface area is 85.1 Å². The molecule has 0 bridgehead atoms. The van der Waals surface area contributed by atoms with E-state index in [1.54, 1.807) is 0 Å². The van der Waals surface area contributed by atoms with Crippen LogP contribution in [0.3, 0.4) is 0 Å². The van der Waals surface area contributed by atoms with Gasteiger partial charge in [-0.1, -0.05) is 6.42 Å². The molecule has 0 saturated heterocycles. The van der Waals surface area contributed by atoms with Gasteiger partial charge >= 0.3 is 0 Å². The summed E-state index contributed by atoms with van der Waals surface area (Å²) in [6.07, 6.45) is 6.04. The minimum atomic E-state index is 0.709. The molecule has 1 aliphatic carbocycles. The second kappa shape index (κ2) is 4.13. The summed E-state index contributed by atoms with van der Waals surface area (Å²) in [5, 5.41) is 0. The Bertz CT molecular complexity index is 299. The first-order chi connectivity index (χ1) is 6.81. The highest BCUT2D eigenvalue weighted by molar-refractivity contribution is 5.16. The Morgan fingerprint density at radius 3 is 2.86 bits per heavy atom. The van der Waals surface area contributed by atoms with Crippen LogP contribution < -0.4 is 5.73 Å². The number of aromatic nitrogens is 2. The summed E-state index contributed by atoms with van der Waals surface area (Å²) in [6, 6.07) is 0. The maximum absolute atomic E-state index is 5.49. The number of imidazole rings is 1. The Balaban J connectivity index is 2.04. The predicted octanol–water partition coefficient (Wildman–Crippen LogP) is 1.88. The maximum Gasteiger partial charge on any atom is 0.109 e.